The van der Waals surface area contributed by atoms with Crippen LogP contribution in [0.25, 0.3) is 22.2 Å². The van der Waals surface area contributed by atoms with E-state index in [0.29, 0.717) is 29.7 Å². The molecule has 0 unspecified atom stereocenters. The fourth-order valence-corrected chi connectivity index (χ4v) is 3.93. The van der Waals surface area contributed by atoms with Crippen LogP contribution in [0, 0.1) is 4.77 Å². The van der Waals surface area contributed by atoms with Gasteiger partial charge in [-0.1, -0.05) is 42.8 Å². The maximum Gasteiger partial charge on any atom is 0.262 e. The van der Waals surface area contributed by atoms with Crippen molar-refractivity contribution in [3.05, 3.63) is 81.5 Å². The monoisotopic (exact) mass is 447 g/mol. The number of fused-ring (bicyclic) bond motifs is 1. The zero-order valence-corrected chi connectivity index (χ0v) is 18.5. The number of para-hydroxylation sites is 1. The Hall–Kier alpha value is -3.52. The van der Waals surface area contributed by atoms with Crippen LogP contribution in [-0.4, -0.2) is 25.7 Å². The fourth-order valence-electron chi connectivity index (χ4n) is 3.64. The molecule has 0 bridgehead atoms. The van der Waals surface area contributed by atoms with Gasteiger partial charge in [-0.25, -0.2) is 0 Å². The number of benzene rings is 2. The Morgan fingerprint density at radius 3 is 2.62 bits per heavy atom. The number of rotatable bonds is 9. The van der Waals surface area contributed by atoms with Gasteiger partial charge in [0.1, 0.15) is 0 Å². The average molecular weight is 448 g/mol. The maximum atomic E-state index is 12.6. The third kappa shape index (κ3) is 5.20. The molecule has 4 aromatic rings. The standard InChI is InChI=1S/C24H25N5O2S/c30-22(25-16-17-9-11-18(12-10-17)20-13-14-26-28-20)8-2-1-5-15-29-23(31)19-6-3-4-7-21(19)27-24(29)32/h3-4,6-7,9-14H,1-2,5,8,15-16H2,(H,25,30)(H,26,28)(H,27,32). The van der Waals surface area contributed by atoms with Crippen LogP contribution >= 0.6 is 12.2 Å². The summed E-state index contributed by atoms with van der Waals surface area (Å²) in [5.74, 6) is 0.0304. The Bertz CT molecular complexity index is 1310. The molecular weight excluding hydrogens is 422 g/mol. The largest absolute Gasteiger partial charge is 0.352 e. The molecule has 0 aliphatic rings. The molecule has 0 aliphatic heterocycles. The first-order chi connectivity index (χ1) is 15.6. The van der Waals surface area contributed by atoms with Gasteiger partial charge in [-0.05, 0) is 54.4 Å². The Labute approximate surface area is 190 Å². The SMILES string of the molecule is O=C(CCCCCn1c(=S)[nH]c2ccccc2c1=O)NCc1ccc(-c2ccn[nH]2)cc1. The molecule has 0 radical (unpaired) electrons. The van der Waals surface area contributed by atoms with E-state index in [-0.39, 0.29) is 11.5 Å². The second kappa shape index (κ2) is 10.2. The van der Waals surface area contributed by atoms with Gasteiger partial charge in [0.15, 0.2) is 4.77 Å². The summed E-state index contributed by atoms with van der Waals surface area (Å²) < 4.78 is 2.04. The van der Waals surface area contributed by atoms with Gasteiger partial charge in [0.2, 0.25) is 5.91 Å². The van der Waals surface area contributed by atoms with E-state index in [1.54, 1.807) is 16.8 Å². The van der Waals surface area contributed by atoms with Crippen molar-refractivity contribution >= 4 is 29.0 Å². The highest BCUT2D eigenvalue weighted by Crippen LogP contribution is 2.16. The predicted octanol–water partition coefficient (Wildman–Crippen LogP) is 4.33. The summed E-state index contributed by atoms with van der Waals surface area (Å²) in [5, 5.41) is 10.5. The van der Waals surface area contributed by atoms with E-state index in [2.05, 4.69) is 20.5 Å². The van der Waals surface area contributed by atoms with Gasteiger partial charge < -0.3 is 10.3 Å². The number of aromatic amines is 2. The molecule has 7 nitrogen and oxygen atoms in total. The van der Waals surface area contributed by atoms with Crippen LogP contribution in [-0.2, 0) is 17.9 Å². The zero-order valence-electron chi connectivity index (χ0n) is 17.6. The number of hydrogen-bond acceptors (Lipinski definition) is 4. The lowest BCUT2D eigenvalue weighted by molar-refractivity contribution is -0.121. The number of amides is 1. The number of carbonyl (C=O) groups excluding carboxylic acids is 1. The molecule has 3 N–H and O–H groups in total. The van der Waals surface area contributed by atoms with Crippen LogP contribution in [0.15, 0.2) is 65.6 Å². The third-order valence-electron chi connectivity index (χ3n) is 5.43. The lowest BCUT2D eigenvalue weighted by atomic mass is 10.1. The van der Waals surface area contributed by atoms with Gasteiger partial charge in [-0.2, -0.15) is 5.10 Å². The summed E-state index contributed by atoms with van der Waals surface area (Å²) in [6.07, 6.45) is 4.59. The van der Waals surface area contributed by atoms with Crippen LogP contribution in [0.3, 0.4) is 0 Å². The van der Waals surface area contributed by atoms with Gasteiger partial charge in [0, 0.05) is 25.7 Å². The van der Waals surface area contributed by atoms with Crippen molar-refractivity contribution in [3.8, 4) is 11.3 Å². The lowest BCUT2D eigenvalue weighted by Crippen LogP contribution is -2.23. The van der Waals surface area contributed by atoms with Crippen LogP contribution in [0.5, 0.6) is 0 Å². The average Bonchev–Trinajstić information content (AvgIpc) is 3.35. The highest BCUT2D eigenvalue weighted by Gasteiger charge is 2.06. The van der Waals surface area contributed by atoms with Crippen LogP contribution in [0.2, 0.25) is 0 Å². The number of hydrogen-bond donors (Lipinski definition) is 3. The van der Waals surface area contributed by atoms with E-state index in [9.17, 15) is 9.59 Å². The Kier molecular flexibility index (Phi) is 6.91. The second-order valence-corrected chi connectivity index (χ2v) is 8.07. The van der Waals surface area contributed by atoms with Crippen molar-refractivity contribution in [2.24, 2.45) is 0 Å². The third-order valence-corrected chi connectivity index (χ3v) is 5.75. The summed E-state index contributed by atoms with van der Waals surface area (Å²) in [5.41, 5.74) is 3.76. The first-order valence-electron chi connectivity index (χ1n) is 10.7. The van der Waals surface area contributed by atoms with E-state index < -0.39 is 0 Å². The molecular formula is C24H25N5O2S. The lowest BCUT2D eigenvalue weighted by Gasteiger charge is -2.08. The zero-order chi connectivity index (χ0) is 22.3. The molecule has 0 saturated heterocycles. The molecule has 164 valence electrons. The second-order valence-electron chi connectivity index (χ2n) is 7.69. The quantitative estimate of drug-likeness (QED) is 0.263. The van der Waals surface area contributed by atoms with Crippen molar-refractivity contribution in [1.82, 2.24) is 25.1 Å². The van der Waals surface area contributed by atoms with Crippen molar-refractivity contribution in [2.45, 2.75) is 38.8 Å². The van der Waals surface area contributed by atoms with Crippen molar-refractivity contribution in [1.29, 1.82) is 0 Å². The Morgan fingerprint density at radius 1 is 1.03 bits per heavy atom. The molecule has 0 saturated carbocycles. The smallest absolute Gasteiger partial charge is 0.262 e. The first-order valence-corrected chi connectivity index (χ1v) is 11.1. The van der Waals surface area contributed by atoms with Crippen LogP contribution < -0.4 is 10.9 Å². The van der Waals surface area contributed by atoms with Crippen molar-refractivity contribution in [2.75, 3.05) is 0 Å². The molecule has 1 amide bonds. The van der Waals surface area contributed by atoms with E-state index in [4.69, 9.17) is 12.2 Å². The van der Waals surface area contributed by atoms with Gasteiger partial charge in [0.05, 0.1) is 16.6 Å². The fraction of sp³-hybridized carbons (Fsp3) is 0.250. The number of carbonyl (C=O) groups is 1. The van der Waals surface area contributed by atoms with Crippen LogP contribution in [0.1, 0.15) is 31.2 Å². The van der Waals surface area contributed by atoms with E-state index in [1.165, 1.54) is 0 Å². The molecule has 8 heteroatoms. The van der Waals surface area contributed by atoms with Gasteiger partial charge in [-0.3, -0.25) is 19.3 Å². The molecule has 2 aromatic carbocycles. The highest BCUT2D eigenvalue weighted by atomic mass is 32.1. The van der Waals surface area contributed by atoms with Crippen LogP contribution in [0.4, 0.5) is 0 Å². The first kappa shape index (κ1) is 21.7. The molecule has 0 spiro atoms. The number of nitrogens with zero attached hydrogens (tertiary/aromatic N) is 2. The van der Waals surface area contributed by atoms with Gasteiger partial charge in [0.25, 0.3) is 5.56 Å². The maximum absolute atomic E-state index is 12.6. The normalized spacial score (nSPS) is 11.0. The molecule has 32 heavy (non-hydrogen) atoms. The summed E-state index contributed by atoms with van der Waals surface area (Å²) in [6, 6.07) is 17.3. The molecule has 0 fully saturated rings. The van der Waals surface area contributed by atoms with E-state index in [0.717, 1.165) is 41.6 Å². The summed E-state index contributed by atoms with van der Waals surface area (Å²) in [4.78, 5) is 27.9. The summed E-state index contributed by atoms with van der Waals surface area (Å²) >= 11 is 5.34. The minimum atomic E-state index is -0.0689. The summed E-state index contributed by atoms with van der Waals surface area (Å²) in [6.45, 7) is 1.05. The van der Waals surface area contributed by atoms with Gasteiger partial charge >= 0.3 is 0 Å². The molecule has 2 heterocycles. The van der Waals surface area contributed by atoms with Gasteiger partial charge in [-0.15, -0.1) is 0 Å². The molecule has 4 rings (SSSR count). The molecule has 2 aromatic heterocycles. The number of aromatic nitrogens is 4. The molecule has 0 aliphatic carbocycles. The minimum absolute atomic E-state index is 0.0304. The number of H-pyrrole nitrogens is 2. The van der Waals surface area contributed by atoms with E-state index >= 15 is 0 Å². The number of nitrogens with one attached hydrogen (secondary N) is 3. The Morgan fingerprint density at radius 2 is 1.84 bits per heavy atom. The van der Waals surface area contributed by atoms with Crippen molar-refractivity contribution in [3.63, 3.8) is 0 Å². The number of unbranched alkanes of at least 4 members (excludes halogenated alkanes) is 2. The minimum Gasteiger partial charge on any atom is -0.352 e. The Balaban J connectivity index is 1.19. The van der Waals surface area contributed by atoms with Crippen molar-refractivity contribution < 1.29 is 4.79 Å². The highest BCUT2D eigenvalue weighted by molar-refractivity contribution is 7.71. The topological polar surface area (TPSA) is 95.6 Å². The predicted molar refractivity (Wildman–Crippen MR) is 128 cm³/mol. The van der Waals surface area contributed by atoms with E-state index in [1.807, 2.05) is 48.5 Å². The summed E-state index contributed by atoms with van der Waals surface area (Å²) in [7, 11) is 0. The molecule has 0 atom stereocenters.